The van der Waals surface area contributed by atoms with Crippen LogP contribution in [0.1, 0.15) is 71.1 Å². The molecule has 16 heavy (non-hydrogen) atoms. The summed E-state index contributed by atoms with van der Waals surface area (Å²) in [5, 5.41) is 11.1. The van der Waals surface area contributed by atoms with Crippen LogP contribution in [0, 0.1) is 0 Å². The summed E-state index contributed by atoms with van der Waals surface area (Å²) in [6.07, 6.45) is 11.2. The molecular weight excluding hydrogens is 208 g/mol. The van der Waals surface area contributed by atoms with Gasteiger partial charge in [0.2, 0.25) is 0 Å². The fourth-order valence-corrected chi connectivity index (χ4v) is 1.66. The van der Waals surface area contributed by atoms with Crippen LogP contribution in [-0.4, -0.2) is 11.2 Å². The summed E-state index contributed by atoms with van der Waals surface area (Å²) < 4.78 is 0. The number of carbonyl (C=O) groups excluding carboxylic acids is 1. The van der Waals surface area contributed by atoms with Crippen molar-refractivity contribution < 1.29 is 20.0 Å². The maximum absolute atomic E-state index is 10.7. The highest BCUT2D eigenvalue weighted by Gasteiger charge is 2.02. The molecule has 0 aliphatic heterocycles. The molecule has 0 aromatic rings. The lowest BCUT2D eigenvalue weighted by atomic mass is 10.1. The maximum Gasteiger partial charge on any atom is 0.345 e. The predicted octanol–water partition coefficient (Wildman–Crippen LogP) is 3.86. The third-order valence-electron chi connectivity index (χ3n) is 2.61. The Kier molecular flexibility index (Phi) is 12.0. The van der Waals surface area contributed by atoms with E-state index in [9.17, 15) is 4.79 Å². The molecule has 0 rings (SSSR count). The van der Waals surface area contributed by atoms with Crippen LogP contribution < -0.4 is 0 Å². The molecule has 0 aliphatic carbocycles. The van der Waals surface area contributed by atoms with Crippen LogP contribution >= 0.6 is 0 Å². The third kappa shape index (κ3) is 11.5. The van der Waals surface area contributed by atoms with Crippen LogP contribution in [0.3, 0.4) is 0 Å². The third-order valence-corrected chi connectivity index (χ3v) is 2.61. The first-order chi connectivity index (χ1) is 7.81. The molecular formula is C12H24O4. The van der Waals surface area contributed by atoms with E-state index in [-0.39, 0.29) is 0 Å². The van der Waals surface area contributed by atoms with Crippen molar-refractivity contribution in [3.63, 3.8) is 0 Å². The van der Waals surface area contributed by atoms with Crippen molar-refractivity contribution in [1.82, 2.24) is 0 Å². The van der Waals surface area contributed by atoms with Gasteiger partial charge >= 0.3 is 5.97 Å². The average molecular weight is 232 g/mol. The summed E-state index contributed by atoms with van der Waals surface area (Å²) in [6.45, 7) is 2.22. The normalized spacial score (nSPS) is 10.4. The van der Waals surface area contributed by atoms with Crippen molar-refractivity contribution in [1.29, 1.82) is 0 Å². The smallest absolute Gasteiger partial charge is 0.269 e. The van der Waals surface area contributed by atoms with E-state index >= 15 is 0 Å². The van der Waals surface area contributed by atoms with Gasteiger partial charge in [-0.1, -0.05) is 58.3 Å². The highest BCUT2D eigenvalue weighted by Crippen LogP contribution is 2.10. The topological polar surface area (TPSA) is 55.8 Å². The van der Waals surface area contributed by atoms with Crippen molar-refractivity contribution in [2.75, 3.05) is 0 Å². The van der Waals surface area contributed by atoms with Gasteiger partial charge in [0.15, 0.2) is 0 Å². The number of hydrogen-bond donors (Lipinski definition) is 1. The van der Waals surface area contributed by atoms with Crippen LogP contribution in [0.2, 0.25) is 0 Å². The van der Waals surface area contributed by atoms with E-state index in [0.717, 1.165) is 12.8 Å². The second-order valence-corrected chi connectivity index (χ2v) is 4.11. The van der Waals surface area contributed by atoms with Gasteiger partial charge in [-0.3, -0.25) is 4.89 Å². The average Bonchev–Trinajstić information content (AvgIpc) is 2.27. The van der Waals surface area contributed by atoms with E-state index in [1.165, 1.54) is 44.9 Å². The Bertz CT molecular complexity index is 159. The Hall–Kier alpha value is -0.610. The summed E-state index contributed by atoms with van der Waals surface area (Å²) in [4.78, 5) is 14.7. The highest BCUT2D eigenvalue weighted by molar-refractivity contribution is 5.68. The minimum Gasteiger partial charge on any atom is -0.269 e. The lowest BCUT2D eigenvalue weighted by Crippen LogP contribution is -2.02. The molecule has 0 amide bonds. The molecule has 96 valence electrons. The first kappa shape index (κ1) is 15.4. The van der Waals surface area contributed by atoms with Gasteiger partial charge in [0, 0.05) is 6.42 Å². The first-order valence-electron chi connectivity index (χ1n) is 6.32. The quantitative estimate of drug-likeness (QED) is 0.334. The molecule has 0 unspecified atom stereocenters. The van der Waals surface area contributed by atoms with Crippen molar-refractivity contribution in [3.05, 3.63) is 0 Å². The standard InChI is InChI=1S/C12H24O4/c1-2-3-4-5-6-7-8-9-10-11-12(13)15-16-14/h14H,2-11H2,1H3. The number of hydrogen-bond acceptors (Lipinski definition) is 4. The zero-order chi connectivity index (χ0) is 12.1. The van der Waals surface area contributed by atoms with Gasteiger partial charge in [-0.15, -0.1) is 0 Å². The molecule has 0 bridgehead atoms. The van der Waals surface area contributed by atoms with E-state index in [0.29, 0.717) is 6.42 Å². The van der Waals surface area contributed by atoms with Gasteiger partial charge in [0.1, 0.15) is 0 Å². The minimum atomic E-state index is -0.509. The van der Waals surface area contributed by atoms with E-state index in [2.05, 4.69) is 16.8 Å². The largest absolute Gasteiger partial charge is 0.345 e. The molecule has 0 aliphatic rings. The van der Waals surface area contributed by atoms with Gasteiger partial charge in [-0.25, -0.2) is 10.1 Å². The fraction of sp³-hybridized carbons (Fsp3) is 0.917. The minimum absolute atomic E-state index is 0.316. The SMILES string of the molecule is CCCCCCCCCCCC(=O)OOO. The van der Waals surface area contributed by atoms with E-state index in [4.69, 9.17) is 5.26 Å². The van der Waals surface area contributed by atoms with Crippen molar-refractivity contribution in [3.8, 4) is 0 Å². The Morgan fingerprint density at radius 3 is 1.94 bits per heavy atom. The van der Waals surface area contributed by atoms with Gasteiger partial charge in [0.05, 0.1) is 0 Å². The molecule has 0 aromatic carbocycles. The zero-order valence-corrected chi connectivity index (χ0v) is 10.2. The maximum atomic E-state index is 10.7. The molecule has 4 heteroatoms. The second-order valence-electron chi connectivity index (χ2n) is 4.11. The van der Waals surface area contributed by atoms with Crippen molar-refractivity contribution >= 4 is 5.97 Å². The molecule has 1 N–H and O–H groups in total. The predicted molar refractivity (Wildman–Crippen MR) is 61.6 cm³/mol. The summed E-state index contributed by atoms with van der Waals surface area (Å²) in [7, 11) is 0. The lowest BCUT2D eigenvalue weighted by Gasteiger charge is -2.01. The van der Waals surface area contributed by atoms with E-state index in [1.54, 1.807) is 0 Å². The Morgan fingerprint density at radius 1 is 0.938 bits per heavy atom. The summed E-state index contributed by atoms with van der Waals surface area (Å²) in [6, 6.07) is 0. The van der Waals surface area contributed by atoms with Crippen LogP contribution in [0.4, 0.5) is 0 Å². The number of carbonyl (C=O) groups is 1. The summed E-state index contributed by atoms with van der Waals surface area (Å²) in [5.74, 6) is -0.509. The molecule has 0 radical (unpaired) electrons. The first-order valence-corrected chi connectivity index (χ1v) is 6.32. The Morgan fingerprint density at radius 2 is 1.44 bits per heavy atom. The van der Waals surface area contributed by atoms with Crippen molar-refractivity contribution in [2.45, 2.75) is 71.1 Å². The Labute approximate surface area is 97.8 Å². The second kappa shape index (κ2) is 12.5. The van der Waals surface area contributed by atoms with E-state index < -0.39 is 5.97 Å². The van der Waals surface area contributed by atoms with Crippen LogP contribution in [-0.2, 0) is 14.7 Å². The van der Waals surface area contributed by atoms with Gasteiger partial charge in [-0.2, -0.15) is 0 Å². The molecule has 0 spiro atoms. The Balaban J connectivity index is 3.01. The van der Waals surface area contributed by atoms with Crippen molar-refractivity contribution in [2.24, 2.45) is 0 Å². The number of rotatable bonds is 11. The van der Waals surface area contributed by atoms with Crippen LogP contribution in [0.25, 0.3) is 0 Å². The van der Waals surface area contributed by atoms with E-state index in [1.807, 2.05) is 0 Å². The van der Waals surface area contributed by atoms with Gasteiger partial charge in [0.25, 0.3) is 0 Å². The molecule has 0 heterocycles. The molecule has 0 fully saturated rings. The summed E-state index contributed by atoms with van der Waals surface area (Å²) in [5.41, 5.74) is 0. The fourth-order valence-electron chi connectivity index (χ4n) is 1.66. The van der Waals surface area contributed by atoms with Crippen LogP contribution in [0.5, 0.6) is 0 Å². The molecule has 0 saturated heterocycles. The zero-order valence-electron chi connectivity index (χ0n) is 10.2. The molecule has 0 aromatic heterocycles. The summed E-state index contributed by atoms with van der Waals surface area (Å²) >= 11 is 0. The van der Waals surface area contributed by atoms with Gasteiger partial charge in [-0.05, 0) is 11.5 Å². The highest BCUT2D eigenvalue weighted by atomic mass is 17.5. The molecule has 0 atom stereocenters. The monoisotopic (exact) mass is 232 g/mol. The molecule has 0 saturated carbocycles. The van der Waals surface area contributed by atoms with Crippen LogP contribution in [0.15, 0.2) is 0 Å². The number of unbranched alkanes of at least 4 members (excludes halogenated alkanes) is 8. The molecule has 4 nitrogen and oxygen atoms in total. The van der Waals surface area contributed by atoms with Gasteiger partial charge < -0.3 is 0 Å². The lowest BCUT2D eigenvalue weighted by molar-refractivity contribution is -0.462.